The quantitative estimate of drug-likeness (QED) is 0.161. The molecular formula is C68H45N. The topological polar surface area (TPSA) is 3.24 Å². The van der Waals surface area contributed by atoms with Crippen molar-refractivity contribution in [2.75, 3.05) is 4.90 Å². The normalized spacial score (nSPS) is 13.7. The van der Waals surface area contributed by atoms with Crippen LogP contribution in [-0.2, 0) is 10.8 Å². The van der Waals surface area contributed by atoms with E-state index in [4.69, 9.17) is 0 Å². The Labute approximate surface area is 403 Å². The summed E-state index contributed by atoms with van der Waals surface area (Å²) in [6.07, 6.45) is 0. The summed E-state index contributed by atoms with van der Waals surface area (Å²) in [5.74, 6) is 0. The summed E-state index contributed by atoms with van der Waals surface area (Å²) < 4.78 is 0. The Kier molecular flexibility index (Phi) is 8.78. The number of hydrogen-bond donors (Lipinski definition) is 0. The van der Waals surface area contributed by atoms with Crippen LogP contribution >= 0.6 is 0 Å². The summed E-state index contributed by atoms with van der Waals surface area (Å²) in [5, 5.41) is 0. The lowest BCUT2D eigenvalue weighted by Gasteiger charge is -2.49. The van der Waals surface area contributed by atoms with E-state index in [9.17, 15) is 0 Å². The van der Waals surface area contributed by atoms with E-state index in [1.54, 1.807) is 0 Å². The summed E-state index contributed by atoms with van der Waals surface area (Å²) in [6, 6.07) is 102. The number of para-hydroxylation sites is 1. The van der Waals surface area contributed by atoms with Crippen molar-refractivity contribution in [1.29, 1.82) is 0 Å². The van der Waals surface area contributed by atoms with E-state index in [0.717, 1.165) is 17.1 Å². The van der Waals surface area contributed by atoms with Gasteiger partial charge in [0.05, 0.1) is 16.5 Å². The first-order valence-electron chi connectivity index (χ1n) is 24.1. The van der Waals surface area contributed by atoms with E-state index in [-0.39, 0.29) is 0 Å². The monoisotopic (exact) mass is 875 g/mol. The highest BCUT2D eigenvalue weighted by Gasteiger charge is 2.59. The predicted molar refractivity (Wildman–Crippen MR) is 286 cm³/mol. The number of fused-ring (bicyclic) bond motifs is 16. The van der Waals surface area contributed by atoms with E-state index in [2.05, 4.69) is 278 Å². The molecule has 0 saturated carbocycles. The standard InChI is InChI=1S/C68H45N/c1-3-18-46(19-4-1)47-34-36-48(37-35-47)49-38-40-50(41-39-49)51-42-44-53(45-43-51)69(52-20-5-2-6-21-52)65-33-17-25-57-56-24-9-12-28-60(56)68(66(57)65)63-31-15-13-29-61(63)67(62-30-14-16-32-64(62)68)58-26-10-7-22-54(58)55-23-8-11-27-59(55)67/h1-45H. The average Bonchev–Trinajstić information content (AvgIpc) is 3.90. The Morgan fingerprint density at radius 2 is 0.507 bits per heavy atom. The first-order chi connectivity index (χ1) is 34.2. The van der Waals surface area contributed by atoms with Gasteiger partial charge in [-0.25, -0.2) is 0 Å². The zero-order valence-corrected chi connectivity index (χ0v) is 37.9. The minimum Gasteiger partial charge on any atom is -0.310 e. The molecule has 3 aliphatic rings. The first-order valence-corrected chi connectivity index (χ1v) is 24.1. The lowest BCUT2D eigenvalue weighted by atomic mass is 9.52. The van der Waals surface area contributed by atoms with Gasteiger partial charge in [-0.2, -0.15) is 0 Å². The van der Waals surface area contributed by atoms with Crippen LogP contribution in [0.5, 0.6) is 0 Å². The molecule has 322 valence electrons. The van der Waals surface area contributed by atoms with Gasteiger partial charge in [-0.05, 0) is 125 Å². The molecule has 0 atom stereocenters. The fraction of sp³-hybridized carbons (Fsp3) is 0.0294. The highest BCUT2D eigenvalue weighted by molar-refractivity contribution is 5.98. The molecule has 2 spiro atoms. The second-order valence-corrected chi connectivity index (χ2v) is 18.7. The third-order valence-electron chi connectivity index (χ3n) is 15.4. The van der Waals surface area contributed by atoms with Gasteiger partial charge in [0.2, 0.25) is 0 Å². The van der Waals surface area contributed by atoms with Gasteiger partial charge in [-0.1, -0.05) is 243 Å². The highest BCUT2D eigenvalue weighted by Crippen LogP contribution is 2.68. The van der Waals surface area contributed by atoms with Crippen molar-refractivity contribution in [2.45, 2.75) is 10.8 Å². The van der Waals surface area contributed by atoms with Crippen molar-refractivity contribution in [1.82, 2.24) is 0 Å². The van der Waals surface area contributed by atoms with Gasteiger partial charge in [-0.3, -0.25) is 0 Å². The molecule has 69 heavy (non-hydrogen) atoms. The van der Waals surface area contributed by atoms with Crippen LogP contribution < -0.4 is 4.90 Å². The van der Waals surface area contributed by atoms with Crippen LogP contribution in [0.25, 0.3) is 55.6 Å². The fourth-order valence-corrected chi connectivity index (χ4v) is 12.6. The maximum absolute atomic E-state index is 2.49. The smallest absolute Gasteiger partial charge is 0.0740 e. The van der Waals surface area contributed by atoms with Crippen molar-refractivity contribution >= 4 is 17.1 Å². The predicted octanol–water partition coefficient (Wildman–Crippen LogP) is 17.2. The van der Waals surface area contributed by atoms with Gasteiger partial charge in [-0.15, -0.1) is 0 Å². The Morgan fingerprint density at radius 1 is 0.203 bits per heavy atom. The number of hydrogen-bond acceptors (Lipinski definition) is 1. The Morgan fingerprint density at radius 3 is 0.971 bits per heavy atom. The minimum atomic E-state index is -0.635. The van der Waals surface area contributed by atoms with E-state index < -0.39 is 10.8 Å². The van der Waals surface area contributed by atoms with Gasteiger partial charge in [0.25, 0.3) is 0 Å². The second kappa shape index (κ2) is 15.4. The van der Waals surface area contributed by atoms with Gasteiger partial charge in [0.1, 0.15) is 0 Å². The first kappa shape index (κ1) is 39.4. The zero-order valence-electron chi connectivity index (χ0n) is 37.9. The van der Waals surface area contributed by atoms with Crippen LogP contribution in [0.3, 0.4) is 0 Å². The van der Waals surface area contributed by atoms with Crippen LogP contribution in [-0.4, -0.2) is 0 Å². The van der Waals surface area contributed by atoms with Crippen molar-refractivity contribution < 1.29 is 0 Å². The van der Waals surface area contributed by atoms with Crippen LogP contribution in [0.2, 0.25) is 0 Å². The molecule has 1 heteroatoms. The SMILES string of the molecule is c1ccc(-c2ccc(-c3ccc(-c4ccc(N(c5ccccc5)c5cccc6c5C5(c7ccccc7-6)c6ccccc6C6(c7ccccc7-c7ccccc76)c6ccccc65)cc4)cc3)cc2)cc1. The molecule has 11 aromatic rings. The van der Waals surface area contributed by atoms with Crippen LogP contribution in [0, 0.1) is 0 Å². The fourth-order valence-electron chi connectivity index (χ4n) is 12.6. The van der Waals surface area contributed by atoms with E-state index in [1.807, 2.05) is 0 Å². The molecule has 0 heterocycles. The third-order valence-corrected chi connectivity index (χ3v) is 15.4. The molecule has 0 unspecified atom stereocenters. The maximum Gasteiger partial charge on any atom is 0.0740 e. The molecule has 0 aromatic heterocycles. The summed E-state index contributed by atoms with van der Waals surface area (Å²) in [4.78, 5) is 2.49. The van der Waals surface area contributed by atoms with Crippen LogP contribution in [0.4, 0.5) is 17.1 Å². The van der Waals surface area contributed by atoms with Crippen molar-refractivity contribution in [3.8, 4) is 55.6 Å². The van der Waals surface area contributed by atoms with Crippen LogP contribution in [0.1, 0.15) is 44.5 Å². The Hall–Kier alpha value is -8.78. The van der Waals surface area contributed by atoms with Gasteiger partial charge in [0.15, 0.2) is 0 Å². The number of rotatable bonds is 6. The lowest BCUT2D eigenvalue weighted by Crippen LogP contribution is -2.44. The lowest BCUT2D eigenvalue weighted by molar-refractivity contribution is 0.633. The number of benzene rings is 11. The zero-order chi connectivity index (χ0) is 45.5. The Balaban J connectivity index is 0.940. The van der Waals surface area contributed by atoms with Gasteiger partial charge in [0, 0.05) is 16.9 Å². The van der Waals surface area contributed by atoms with Crippen molar-refractivity contribution in [3.05, 3.63) is 317 Å². The largest absolute Gasteiger partial charge is 0.310 e. The van der Waals surface area contributed by atoms with E-state index in [0.29, 0.717) is 0 Å². The molecule has 1 nitrogen and oxygen atoms in total. The van der Waals surface area contributed by atoms with E-state index in [1.165, 1.54) is 100 Å². The molecule has 0 radical (unpaired) electrons. The second-order valence-electron chi connectivity index (χ2n) is 18.7. The van der Waals surface area contributed by atoms with Crippen molar-refractivity contribution in [2.24, 2.45) is 0 Å². The Bertz CT molecular complexity index is 3660. The summed E-state index contributed by atoms with van der Waals surface area (Å²) in [5.41, 5.74) is 25.3. The summed E-state index contributed by atoms with van der Waals surface area (Å²) in [6.45, 7) is 0. The van der Waals surface area contributed by atoms with Gasteiger partial charge >= 0.3 is 0 Å². The molecule has 0 bridgehead atoms. The van der Waals surface area contributed by atoms with Crippen molar-refractivity contribution in [3.63, 3.8) is 0 Å². The number of nitrogens with zero attached hydrogens (tertiary/aromatic N) is 1. The molecule has 0 fully saturated rings. The third kappa shape index (κ3) is 5.59. The molecule has 11 aromatic carbocycles. The van der Waals surface area contributed by atoms with Gasteiger partial charge < -0.3 is 4.90 Å². The molecular weight excluding hydrogens is 831 g/mol. The molecule has 0 amide bonds. The molecule has 0 N–H and O–H groups in total. The van der Waals surface area contributed by atoms with Crippen LogP contribution in [0.15, 0.2) is 273 Å². The number of anilines is 3. The molecule has 0 saturated heterocycles. The average molecular weight is 876 g/mol. The molecule has 0 aliphatic heterocycles. The molecule has 3 aliphatic carbocycles. The van der Waals surface area contributed by atoms with E-state index >= 15 is 0 Å². The minimum absolute atomic E-state index is 0.502. The maximum atomic E-state index is 2.49. The summed E-state index contributed by atoms with van der Waals surface area (Å²) in [7, 11) is 0. The highest BCUT2D eigenvalue weighted by atomic mass is 15.1. The summed E-state index contributed by atoms with van der Waals surface area (Å²) >= 11 is 0. The molecule has 14 rings (SSSR count).